The number of nitrogens with one attached hydrogen (secondary N) is 1. The minimum absolute atomic E-state index is 0.242. The predicted molar refractivity (Wildman–Crippen MR) is 120 cm³/mol. The van der Waals surface area contributed by atoms with Gasteiger partial charge in [0, 0.05) is 34.6 Å². The molecular weight excluding hydrogens is 390 g/mol. The average molecular weight is 411 g/mol. The van der Waals surface area contributed by atoms with Crippen LogP contribution in [-0.4, -0.2) is 28.5 Å². The van der Waals surface area contributed by atoms with Crippen LogP contribution in [0.4, 0.5) is 5.69 Å². The van der Waals surface area contributed by atoms with Crippen molar-refractivity contribution < 1.29 is 14.3 Å². The van der Waals surface area contributed by atoms with Crippen molar-refractivity contribution >= 4 is 28.5 Å². The van der Waals surface area contributed by atoms with Gasteiger partial charge in [-0.3, -0.25) is 14.8 Å². The van der Waals surface area contributed by atoms with Gasteiger partial charge in [-0.25, -0.2) is 4.79 Å². The number of esters is 1. The smallest absolute Gasteiger partial charge is 0.340 e. The summed E-state index contributed by atoms with van der Waals surface area (Å²) < 4.78 is 5.32. The largest absolute Gasteiger partial charge is 0.462 e. The summed E-state index contributed by atoms with van der Waals surface area (Å²) in [6.07, 6.45) is 3.14. The van der Waals surface area contributed by atoms with Crippen molar-refractivity contribution in [3.63, 3.8) is 0 Å². The van der Waals surface area contributed by atoms with Gasteiger partial charge >= 0.3 is 5.97 Å². The third-order valence-corrected chi connectivity index (χ3v) is 4.91. The van der Waals surface area contributed by atoms with Gasteiger partial charge in [-0.15, -0.1) is 0 Å². The minimum atomic E-state index is -0.417. The number of rotatable bonds is 5. The topological polar surface area (TPSA) is 81.2 Å². The zero-order valence-electron chi connectivity index (χ0n) is 17.3. The Morgan fingerprint density at radius 1 is 1.00 bits per heavy atom. The number of carbonyl (C=O) groups excluding carboxylic acids is 2. The Morgan fingerprint density at radius 2 is 1.74 bits per heavy atom. The third kappa shape index (κ3) is 4.14. The molecule has 6 heteroatoms. The molecule has 6 nitrogen and oxygen atoms in total. The molecule has 0 atom stereocenters. The van der Waals surface area contributed by atoms with E-state index in [0.717, 1.165) is 22.0 Å². The lowest BCUT2D eigenvalue weighted by Gasteiger charge is -2.16. The lowest BCUT2D eigenvalue weighted by molar-refractivity contribution is 0.0526. The first-order valence-electron chi connectivity index (χ1n) is 9.96. The van der Waals surface area contributed by atoms with Crippen molar-refractivity contribution in [1.82, 2.24) is 9.97 Å². The maximum atomic E-state index is 12.8. The van der Waals surface area contributed by atoms with E-state index in [0.29, 0.717) is 22.5 Å². The monoisotopic (exact) mass is 411 g/mol. The molecule has 2 aromatic heterocycles. The van der Waals surface area contributed by atoms with E-state index in [9.17, 15) is 9.59 Å². The summed E-state index contributed by atoms with van der Waals surface area (Å²) in [5.74, 6) is -0.659. The van der Waals surface area contributed by atoms with E-state index in [4.69, 9.17) is 4.74 Å². The fourth-order valence-electron chi connectivity index (χ4n) is 3.53. The highest BCUT2D eigenvalue weighted by Crippen LogP contribution is 2.35. The molecule has 4 aromatic rings. The highest BCUT2D eigenvalue weighted by molar-refractivity contribution is 6.10. The molecular formula is C25H21N3O3. The van der Waals surface area contributed by atoms with Crippen molar-refractivity contribution in [1.29, 1.82) is 0 Å². The van der Waals surface area contributed by atoms with Gasteiger partial charge in [0.2, 0.25) is 0 Å². The molecule has 0 fully saturated rings. The molecule has 1 amide bonds. The number of amides is 1. The number of aryl methyl sites for hydroxylation is 1. The predicted octanol–water partition coefficient (Wildman–Crippen LogP) is 5.03. The Kier molecular flexibility index (Phi) is 5.71. The molecule has 0 saturated carbocycles. The summed E-state index contributed by atoms with van der Waals surface area (Å²) in [5.41, 5.74) is 4.47. The number of benzene rings is 2. The van der Waals surface area contributed by atoms with Gasteiger partial charge in [-0.1, -0.05) is 30.3 Å². The van der Waals surface area contributed by atoms with Gasteiger partial charge in [0.25, 0.3) is 5.91 Å². The molecule has 0 saturated heterocycles. The summed E-state index contributed by atoms with van der Waals surface area (Å²) in [5, 5.41) is 3.66. The normalized spacial score (nSPS) is 10.6. The SMILES string of the molecule is CCOC(=O)c1c(C)nc2ccc(NC(=O)c3ccncc3)cc2c1-c1ccccc1. The van der Waals surface area contributed by atoms with Gasteiger partial charge in [-0.05, 0) is 49.7 Å². The molecule has 31 heavy (non-hydrogen) atoms. The fourth-order valence-corrected chi connectivity index (χ4v) is 3.53. The highest BCUT2D eigenvalue weighted by Gasteiger charge is 2.22. The van der Waals surface area contributed by atoms with Crippen LogP contribution in [-0.2, 0) is 4.74 Å². The number of nitrogens with zero attached hydrogens (tertiary/aromatic N) is 2. The van der Waals surface area contributed by atoms with E-state index >= 15 is 0 Å². The first-order valence-corrected chi connectivity index (χ1v) is 9.96. The van der Waals surface area contributed by atoms with Crippen LogP contribution in [0.15, 0.2) is 73.1 Å². The fraction of sp³-hybridized carbons (Fsp3) is 0.120. The molecule has 0 aliphatic carbocycles. The third-order valence-electron chi connectivity index (χ3n) is 4.91. The molecule has 1 N–H and O–H groups in total. The van der Waals surface area contributed by atoms with Crippen molar-refractivity contribution in [2.75, 3.05) is 11.9 Å². The van der Waals surface area contributed by atoms with Crippen molar-refractivity contribution in [3.05, 3.63) is 89.9 Å². The van der Waals surface area contributed by atoms with Crippen molar-refractivity contribution in [2.45, 2.75) is 13.8 Å². The number of hydrogen-bond donors (Lipinski definition) is 1. The Bertz CT molecular complexity index is 1260. The molecule has 0 spiro atoms. The van der Waals surface area contributed by atoms with E-state index in [1.807, 2.05) is 42.5 Å². The number of ether oxygens (including phenoxy) is 1. The highest BCUT2D eigenvalue weighted by atomic mass is 16.5. The van der Waals surface area contributed by atoms with Crippen molar-refractivity contribution in [2.24, 2.45) is 0 Å². The number of hydrogen-bond acceptors (Lipinski definition) is 5. The van der Waals surface area contributed by atoms with Gasteiger partial charge in [0.05, 0.1) is 23.4 Å². The Hall–Kier alpha value is -4.06. The second-order valence-electron chi connectivity index (χ2n) is 6.96. The quantitative estimate of drug-likeness (QED) is 0.466. The van der Waals surface area contributed by atoms with E-state index in [1.54, 1.807) is 44.4 Å². The minimum Gasteiger partial charge on any atom is -0.462 e. The van der Waals surface area contributed by atoms with Crippen LogP contribution in [0, 0.1) is 6.92 Å². The van der Waals surface area contributed by atoms with Gasteiger partial charge in [0.1, 0.15) is 0 Å². The van der Waals surface area contributed by atoms with Gasteiger partial charge in [0.15, 0.2) is 0 Å². The molecule has 0 aliphatic heterocycles. The molecule has 0 bridgehead atoms. The first kappa shape index (κ1) is 20.2. The second-order valence-corrected chi connectivity index (χ2v) is 6.96. The van der Waals surface area contributed by atoms with Crippen LogP contribution >= 0.6 is 0 Å². The molecule has 2 heterocycles. The summed E-state index contributed by atoms with van der Waals surface area (Å²) in [4.78, 5) is 34.0. The van der Waals surface area contributed by atoms with Crippen LogP contribution in [0.5, 0.6) is 0 Å². The first-order chi connectivity index (χ1) is 15.1. The number of fused-ring (bicyclic) bond motifs is 1. The Balaban J connectivity index is 1.88. The zero-order chi connectivity index (χ0) is 21.8. The number of anilines is 1. The van der Waals surface area contributed by atoms with Crippen LogP contribution < -0.4 is 5.32 Å². The molecule has 0 unspecified atom stereocenters. The van der Waals surface area contributed by atoms with E-state index in [1.165, 1.54) is 0 Å². The standard InChI is InChI=1S/C25H21N3O3/c1-3-31-25(30)22-16(2)27-21-10-9-19(28-24(29)18-11-13-26-14-12-18)15-20(21)23(22)17-7-5-4-6-8-17/h4-15H,3H2,1-2H3,(H,28,29). The molecule has 154 valence electrons. The second kappa shape index (κ2) is 8.75. The summed E-state index contributed by atoms with van der Waals surface area (Å²) in [6, 6.07) is 18.4. The Morgan fingerprint density at radius 3 is 2.45 bits per heavy atom. The van der Waals surface area contributed by atoms with Gasteiger partial charge in [-0.2, -0.15) is 0 Å². The summed E-state index contributed by atoms with van der Waals surface area (Å²) >= 11 is 0. The Labute approximate surface area is 179 Å². The van der Waals surface area contributed by atoms with Crippen molar-refractivity contribution in [3.8, 4) is 11.1 Å². The number of pyridine rings is 2. The molecule has 2 aromatic carbocycles. The average Bonchev–Trinajstić information content (AvgIpc) is 2.79. The van der Waals surface area contributed by atoms with Crippen LogP contribution in [0.25, 0.3) is 22.0 Å². The van der Waals surface area contributed by atoms with Gasteiger partial charge < -0.3 is 10.1 Å². The molecule has 4 rings (SSSR count). The summed E-state index contributed by atoms with van der Waals surface area (Å²) in [6.45, 7) is 3.85. The van der Waals surface area contributed by atoms with Crippen LogP contribution in [0.1, 0.15) is 33.3 Å². The van der Waals surface area contributed by atoms with E-state index in [2.05, 4.69) is 15.3 Å². The lowest BCUT2D eigenvalue weighted by Crippen LogP contribution is -2.13. The number of carbonyl (C=O) groups is 2. The maximum absolute atomic E-state index is 12.8. The van der Waals surface area contributed by atoms with Crippen LogP contribution in [0.2, 0.25) is 0 Å². The lowest BCUT2D eigenvalue weighted by atomic mass is 9.94. The molecule has 0 aliphatic rings. The van der Waals surface area contributed by atoms with E-state index in [-0.39, 0.29) is 12.5 Å². The van der Waals surface area contributed by atoms with Crippen LogP contribution in [0.3, 0.4) is 0 Å². The number of aromatic nitrogens is 2. The maximum Gasteiger partial charge on any atom is 0.340 e. The van der Waals surface area contributed by atoms with E-state index < -0.39 is 5.97 Å². The zero-order valence-corrected chi connectivity index (χ0v) is 17.3. The molecule has 0 radical (unpaired) electrons. The summed E-state index contributed by atoms with van der Waals surface area (Å²) in [7, 11) is 0.